The first kappa shape index (κ1) is 28.6. The number of nitrogens with zero attached hydrogens (tertiary/aromatic N) is 7. The quantitative estimate of drug-likeness (QED) is 0.270. The summed E-state index contributed by atoms with van der Waals surface area (Å²) >= 11 is 0. The minimum atomic E-state index is -1.15. The second-order valence-corrected chi connectivity index (χ2v) is 12.7. The van der Waals surface area contributed by atoms with Crippen LogP contribution in [0.2, 0.25) is 0 Å². The number of benzene rings is 1. The van der Waals surface area contributed by atoms with Crippen LogP contribution in [0.15, 0.2) is 48.7 Å². The number of rotatable bonds is 6. The molecule has 0 spiro atoms. The third-order valence-corrected chi connectivity index (χ3v) is 9.26. The summed E-state index contributed by atoms with van der Waals surface area (Å²) in [6.45, 7) is 2.75. The fraction of sp³-hybridized carbons (Fsp3) is 0.353. The van der Waals surface area contributed by atoms with Crippen molar-refractivity contribution in [1.29, 1.82) is 0 Å². The number of piperidine rings is 1. The first-order chi connectivity index (χ1) is 22.2. The van der Waals surface area contributed by atoms with Crippen molar-refractivity contribution in [2.24, 2.45) is 18.7 Å². The van der Waals surface area contributed by atoms with Crippen LogP contribution < -0.4 is 10.5 Å². The maximum absolute atomic E-state index is 14.7. The molecule has 6 heterocycles. The van der Waals surface area contributed by atoms with E-state index in [1.165, 1.54) is 4.90 Å². The normalized spacial score (nSPS) is 18.7. The highest BCUT2D eigenvalue weighted by Crippen LogP contribution is 2.38. The number of imidazole rings is 1. The smallest absolute Gasteiger partial charge is 0.254 e. The summed E-state index contributed by atoms with van der Waals surface area (Å²) in [4.78, 5) is 25.1. The van der Waals surface area contributed by atoms with E-state index < -0.39 is 12.2 Å². The minimum absolute atomic E-state index is 0.0154. The lowest BCUT2D eigenvalue weighted by molar-refractivity contribution is 0.0606. The van der Waals surface area contributed by atoms with E-state index in [0.29, 0.717) is 46.3 Å². The molecule has 1 aliphatic carbocycles. The molecule has 10 nitrogen and oxygen atoms in total. The Labute approximate surface area is 263 Å². The molecule has 2 fully saturated rings. The highest BCUT2D eigenvalue weighted by atomic mass is 19.1. The number of fused-ring (bicyclic) bond motifs is 3. The zero-order valence-corrected chi connectivity index (χ0v) is 25.9. The molecule has 0 radical (unpaired) electrons. The summed E-state index contributed by atoms with van der Waals surface area (Å²) < 4.78 is 40.5. The van der Waals surface area contributed by atoms with Gasteiger partial charge in [-0.15, -0.1) is 0 Å². The lowest BCUT2D eigenvalue weighted by Crippen LogP contribution is -2.50. The van der Waals surface area contributed by atoms with E-state index in [1.807, 2.05) is 29.8 Å². The van der Waals surface area contributed by atoms with Gasteiger partial charge in [0, 0.05) is 48.9 Å². The molecule has 1 aromatic carbocycles. The van der Waals surface area contributed by atoms with Crippen molar-refractivity contribution in [2.45, 2.75) is 44.9 Å². The van der Waals surface area contributed by atoms with E-state index in [1.54, 1.807) is 42.9 Å². The molecule has 1 amide bonds. The Morgan fingerprint density at radius 2 is 1.93 bits per heavy atom. The third-order valence-electron chi connectivity index (χ3n) is 9.26. The van der Waals surface area contributed by atoms with Crippen LogP contribution in [0.3, 0.4) is 0 Å². The van der Waals surface area contributed by atoms with Crippen LogP contribution in [0.5, 0.6) is 5.75 Å². The van der Waals surface area contributed by atoms with Crippen LogP contribution in [0, 0.1) is 18.7 Å². The Morgan fingerprint density at radius 3 is 2.70 bits per heavy atom. The number of amides is 1. The maximum atomic E-state index is 14.7. The number of hydrogen-bond acceptors (Lipinski definition) is 6. The molecular weight excluding hydrogens is 590 g/mol. The molecule has 5 aromatic heterocycles. The average molecular weight is 625 g/mol. The second-order valence-electron chi connectivity index (χ2n) is 12.7. The van der Waals surface area contributed by atoms with Crippen LogP contribution in [-0.4, -0.2) is 71.9 Å². The van der Waals surface area contributed by atoms with Crippen LogP contribution >= 0.6 is 0 Å². The number of carbonyl (C=O) groups excluding carboxylic acids is 1. The molecule has 2 N–H and O–H groups in total. The lowest BCUT2D eigenvalue weighted by Gasteiger charge is -2.33. The summed E-state index contributed by atoms with van der Waals surface area (Å²) in [5.41, 5.74) is 11.8. The maximum Gasteiger partial charge on any atom is 0.254 e. The molecule has 2 atom stereocenters. The molecule has 236 valence electrons. The summed E-state index contributed by atoms with van der Waals surface area (Å²) in [5.74, 6) is 1.12. The highest BCUT2D eigenvalue weighted by molar-refractivity contribution is 6.00. The number of carbonyl (C=O) groups is 1. The van der Waals surface area contributed by atoms with Crippen LogP contribution in [0.1, 0.15) is 35.3 Å². The van der Waals surface area contributed by atoms with Crippen LogP contribution in [0.25, 0.3) is 50.4 Å². The van der Waals surface area contributed by atoms with E-state index in [2.05, 4.69) is 15.7 Å². The van der Waals surface area contributed by atoms with Gasteiger partial charge in [0.25, 0.3) is 5.91 Å². The molecule has 1 saturated carbocycles. The van der Waals surface area contributed by atoms with Crippen molar-refractivity contribution in [3.63, 3.8) is 0 Å². The van der Waals surface area contributed by atoms with E-state index >= 15 is 0 Å². The van der Waals surface area contributed by atoms with Gasteiger partial charge in [-0.3, -0.25) is 4.79 Å². The van der Waals surface area contributed by atoms with E-state index in [0.717, 1.165) is 52.9 Å². The van der Waals surface area contributed by atoms with Crippen molar-refractivity contribution < 1.29 is 18.3 Å². The molecule has 12 heteroatoms. The molecular formula is C34H34F2N8O2. The topological polar surface area (TPSA) is 108 Å². The van der Waals surface area contributed by atoms with Crippen molar-refractivity contribution in [3.05, 3.63) is 65.7 Å². The van der Waals surface area contributed by atoms with Crippen LogP contribution in [-0.2, 0) is 13.6 Å². The van der Waals surface area contributed by atoms with Crippen molar-refractivity contribution in [1.82, 2.24) is 33.6 Å². The number of halogens is 2. The SMILES string of the molecule is COc1cc(C(=O)N2C[C@H](N)C[C@@H](F)C2)cc2nc(-c3cc4ccc(-c5ccn6nc(C)c(F)c6c5)nc4n3CC3CC3)n(C)c12. The zero-order chi connectivity index (χ0) is 31.9. The Balaban J connectivity index is 1.24. The second kappa shape index (κ2) is 10.6. The highest BCUT2D eigenvalue weighted by Gasteiger charge is 2.31. The van der Waals surface area contributed by atoms with Gasteiger partial charge in [0.15, 0.2) is 11.6 Å². The van der Waals surface area contributed by atoms with Crippen molar-refractivity contribution >= 4 is 33.5 Å². The van der Waals surface area contributed by atoms with Crippen molar-refractivity contribution in [3.8, 4) is 28.5 Å². The summed E-state index contributed by atoms with van der Waals surface area (Å²) in [5, 5.41) is 5.19. The monoisotopic (exact) mass is 624 g/mol. The van der Waals surface area contributed by atoms with E-state index in [-0.39, 0.29) is 24.7 Å². The Kier molecular flexibility index (Phi) is 6.61. The van der Waals surface area contributed by atoms with E-state index in [9.17, 15) is 13.6 Å². The number of ether oxygens (including phenoxy) is 1. The van der Waals surface area contributed by atoms with Gasteiger partial charge in [0.05, 0.1) is 36.3 Å². The number of likely N-dealkylation sites (tertiary alicyclic amines) is 1. The van der Waals surface area contributed by atoms with E-state index in [4.69, 9.17) is 20.4 Å². The van der Waals surface area contributed by atoms with Gasteiger partial charge in [0.1, 0.15) is 28.6 Å². The number of methoxy groups -OCH3 is 1. The number of aromatic nitrogens is 6. The molecule has 46 heavy (non-hydrogen) atoms. The minimum Gasteiger partial charge on any atom is -0.494 e. The molecule has 0 unspecified atom stereocenters. The van der Waals surface area contributed by atoms with Crippen LogP contribution in [0.4, 0.5) is 8.78 Å². The van der Waals surface area contributed by atoms with Gasteiger partial charge >= 0.3 is 0 Å². The Morgan fingerprint density at radius 1 is 1.11 bits per heavy atom. The number of alkyl halides is 1. The van der Waals surface area contributed by atoms with Gasteiger partial charge in [-0.05, 0) is 74.6 Å². The van der Waals surface area contributed by atoms with Crippen molar-refractivity contribution in [2.75, 3.05) is 20.2 Å². The Hall–Kier alpha value is -4.84. The molecule has 1 saturated heterocycles. The first-order valence-corrected chi connectivity index (χ1v) is 15.6. The predicted molar refractivity (Wildman–Crippen MR) is 171 cm³/mol. The molecule has 8 rings (SSSR count). The third kappa shape index (κ3) is 4.70. The molecule has 2 aliphatic rings. The zero-order valence-electron chi connectivity index (χ0n) is 25.9. The number of nitrogens with two attached hydrogens (primary N) is 1. The molecule has 0 bridgehead atoms. The largest absolute Gasteiger partial charge is 0.494 e. The fourth-order valence-electron chi connectivity index (χ4n) is 6.75. The standard InChI is InChI=1S/C34H34F2N8O2/c1-18-30(36)27-11-20(8-9-44(27)40-18)25-7-6-21-12-28(43(32(21)38-25)15-19-4-5-19)33-39-26-10-22(13-29(46-3)31(26)41(33)2)34(45)42-16-23(35)14-24(37)17-42/h6-13,19,23-24H,4-5,14-17,37H2,1-3H3/t23-,24-/m1/s1. The lowest BCUT2D eigenvalue weighted by atomic mass is 10.0. The summed E-state index contributed by atoms with van der Waals surface area (Å²) in [6, 6.07) is 12.8. The predicted octanol–water partition coefficient (Wildman–Crippen LogP) is 5.28. The van der Waals surface area contributed by atoms with Gasteiger partial charge in [-0.25, -0.2) is 23.3 Å². The fourth-order valence-corrected chi connectivity index (χ4v) is 6.75. The van der Waals surface area contributed by atoms with Gasteiger partial charge in [0.2, 0.25) is 0 Å². The van der Waals surface area contributed by atoms with Gasteiger partial charge in [-0.2, -0.15) is 5.10 Å². The molecule has 6 aromatic rings. The first-order valence-electron chi connectivity index (χ1n) is 15.6. The Bertz CT molecular complexity index is 2170. The summed E-state index contributed by atoms with van der Waals surface area (Å²) in [7, 11) is 3.50. The molecule has 1 aliphatic heterocycles. The number of aryl methyl sites for hydroxylation is 2. The number of hydrogen-bond donors (Lipinski definition) is 1. The number of pyridine rings is 2. The van der Waals surface area contributed by atoms with Gasteiger partial charge < -0.3 is 24.5 Å². The van der Waals surface area contributed by atoms with Gasteiger partial charge in [-0.1, -0.05) is 0 Å². The summed E-state index contributed by atoms with van der Waals surface area (Å²) in [6.07, 6.45) is 3.15. The average Bonchev–Trinajstić information content (AvgIpc) is 3.63.